The molecule has 1 aromatic carbocycles. The molecule has 0 saturated heterocycles. The number of rotatable bonds is 8. The van der Waals surface area contributed by atoms with Crippen molar-refractivity contribution >= 4 is 5.91 Å². The van der Waals surface area contributed by atoms with Gasteiger partial charge in [-0.1, -0.05) is 56.3 Å². The van der Waals surface area contributed by atoms with Gasteiger partial charge in [0.05, 0.1) is 6.04 Å². The first-order chi connectivity index (χ1) is 14.0. The van der Waals surface area contributed by atoms with E-state index in [1.807, 2.05) is 25.1 Å². The molecule has 0 fully saturated rings. The molecule has 6 nitrogen and oxygen atoms in total. The number of aryl methyl sites for hydroxylation is 1. The van der Waals surface area contributed by atoms with E-state index < -0.39 is 0 Å². The quantitative estimate of drug-likeness (QED) is 0.698. The number of aromatic nitrogens is 3. The summed E-state index contributed by atoms with van der Waals surface area (Å²) in [5.41, 5.74) is 1.18. The summed E-state index contributed by atoms with van der Waals surface area (Å²) in [6.07, 6.45) is 6.62. The van der Waals surface area contributed by atoms with Gasteiger partial charge < -0.3 is 9.88 Å². The van der Waals surface area contributed by atoms with E-state index in [1.165, 1.54) is 5.56 Å². The predicted molar refractivity (Wildman–Crippen MR) is 115 cm³/mol. The normalized spacial score (nSPS) is 16.0. The van der Waals surface area contributed by atoms with E-state index in [0.29, 0.717) is 12.3 Å². The maximum Gasteiger partial charge on any atom is 0.220 e. The van der Waals surface area contributed by atoms with Crippen molar-refractivity contribution in [2.45, 2.75) is 52.6 Å². The fourth-order valence-electron chi connectivity index (χ4n) is 3.65. The Balaban J connectivity index is 1.53. The second-order valence-electron chi connectivity index (χ2n) is 8.12. The highest BCUT2D eigenvalue weighted by molar-refractivity contribution is 5.76. The van der Waals surface area contributed by atoms with Crippen LogP contribution in [0, 0.1) is 5.92 Å². The third-order valence-corrected chi connectivity index (χ3v) is 5.28. The van der Waals surface area contributed by atoms with E-state index in [-0.39, 0.29) is 11.9 Å². The van der Waals surface area contributed by atoms with Gasteiger partial charge in [0.2, 0.25) is 5.91 Å². The Labute approximate surface area is 174 Å². The monoisotopic (exact) mass is 395 g/mol. The topological polar surface area (TPSA) is 63.1 Å². The summed E-state index contributed by atoms with van der Waals surface area (Å²) in [6.45, 7) is 10.2. The van der Waals surface area contributed by atoms with Gasteiger partial charge in [0.15, 0.2) is 5.82 Å². The van der Waals surface area contributed by atoms with Crippen LogP contribution in [-0.2, 0) is 24.2 Å². The number of allylic oxidation sites excluding steroid dienone is 1. The summed E-state index contributed by atoms with van der Waals surface area (Å²) in [7, 11) is 0. The molecule has 1 amide bonds. The van der Waals surface area contributed by atoms with Crippen molar-refractivity contribution in [1.82, 2.24) is 25.0 Å². The van der Waals surface area contributed by atoms with E-state index in [2.05, 4.69) is 63.1 Å². The van der Waals surface area contributed by atoms with Crippen molar-refractivity contribution in [3.05, 3.63) is 59.7 Å². The van der Waals surface area contributed by atoms with Crippen molar-refractivity contribution in [1.29, 1.82) is 0 Å². The van der Waals surface area contributed by atoms with Crippen LogP contribution in [0.25, 0.3) is 0 Å². The molecular weight excluding hydrogens is 362 g/mol. The second kappa shape index (κ2) is 10.3. The first kappa shape index (κ1) is 21.2. The fraction of sp³-hybridized carbons (Fsp3) is 0.522. The summed E-state index contributed by atoms with van der Waals surface area (Å²) in [6, 6.07) is 9.96. The maximum atomic E-state index is 12.4. The maximum absolute atomic E-state index is 12.4. The molecule has 0 aliphatic carbocycles. The molecule has 0 radical (unpaired) electrons. The summed E-state index contributed by atoms with van der Waals surface area (Å²) in [5, 5.41) is 11.9. The number of nitrogens with one attached hydrogen (secondary N) is 1. The largest absolute Gasteiger partial charge is 0.346 e. The summed E-state index contributed by atoms with van der Waals surface area (Å²) in [5.74, 6) is 2.50. The molecule has 0 bridgehead atoms. The minimum absolute atomic E-state index is 0.0489. The van der Waals surface area contributed by atoms with Gasteiger partial charge in [-0.2, -0.15) is 0 Å². The molecule has 1 aromatic heterocycles. The van der Waals surface area contributed by atoms with Crippen molar-refractivity contribution < 1.29 is 4.79 Å². The molecule has 2 aromatic rings. The van der Waals surface area contributed by atoms with Crippen LogP contribution in [0.4, 0.5) is 0 Å². The molecule has 1 unspecified atom stereocenters. The van der Waals surface area contributed by atoms with Gasteiger partial charge in [-0.15, -0.1) is 10.2 Å². The summed E-state index contributed by atoms with van der Waals surface area (Å²) in [4.78, 5) is 14.8. The molecular formula is C23H33N5O. The van der Waals surface area contributed by atoms with Crippen LogP contribution in [-0.4, -0.2) is 45.2 Å². The number of benzene rings is 1. The lowest BCUT2D eigenvalue weighted by Gasteiger charge is -2.18. The van der Waals surface area contributed by atoms with Crippen molar-refractivity contribution in [3.8, 4) is 0 Å². The Kier molecular flexibility index (Phi) is 7.58. The van der Waals surface area contributed by atoms with Crippen LogP contribution in [0.5, 0.6) is 0 Å². The Morgan fingerprint density at radius 3 is 2.69 bits per heavy atom. The molecule has 1 atom stereocenters. The summed E-state index contributed by atoms with van der Waals surface area (Å²) >= 11 is 0. The van der Waals surface area contributed by atoms with Crippen molar-refractivity contribution in [3.63, 3.8) is 0 Å². The summed E-state index contributed by atoms with van der Waals surface area (Å²) < 4.78 is 2.19. The zero-order valence-electron chi connectivity index (χ0n) is 17.8. The molecule has 3 rings (SSSR count). The SMILES string of the molecule is CC(C)/C=C/CN1CCc2nnc(C(C)NC(=O)CCc3ccccc3)n2CC1. The van der Waals surface area contributed by atoms with Gasteiger partial charge in [0, 0.05) is 39.0 Å². The Hall–Kier alpha value is -2.47. The van der Waals surface area contributed by atoms with Gasteiger partial charge in [-0.3, -0.25) is 9.69 Å². The lowest BCUT2D eigenvalue weighted by Crippen LogP contribution is -2.30. The fourth-order valence-corrected chi connectivity index (χ4v) is 3.65. The highest BCUT2D eigenvalue weighted by Crippen LogP contribution is 2.16. The highest BCUT2D eigenvalue weighted by atomic mass is 16.1. The van der Waals surface area contributed by atoms with Gasteiger partial charge in [-0.05, 0) is 24.8 Å². The van der Waals surface area contributed by atoms with Crippen LogP contribution >= 0.6 is 0 Å². The van der Waals surface area contributed by atoms with Crippen molar-refractivity contribution in [2.24, 2.45) is 5.92 Å². The molecule has 6 heteroatoms. The molecule has 0 spiro atoms. The third kappa shape index (κ3) is 6.26. The lowest BCUT2D eigenvalue weighted by molar-refractivity contribution is -0.121. The standard InChI is InChI=1S/C23H33N5O/c1-18(2)8-7-14-27-15-13-21-25-26-23(28(21)17-16-27)19(3)24-22(29)12-11-20-9-5-4-6-10-20/h4-10,18-19H,11-17H2,1-3H3,(H,24,29)/b8-7+. The zero-order valence-corrected chi connectivity index (χ0v) is 17.8. The Morgan fingerprint density at radius 1 is 1.14 bits per heavy atom. The third-order valence-electron chi connectivity index (χ3n) is 5.28. The smallest absolute Gasteiger partial charge is 0.220 e. The average molecular weight is 396 g/mol. The average Bonchev–Trinajstić information content (AvgIpc) is 3.01. The Bertz CT molecular complexity index is 812. The molecule has 29 heavy (non-hydrogen) atoms. The number of carbonyl (C=O) groups is 1. The first-order valence-corrected chi connectivity index (χ1v) is 10.7. The second-order valence-corrected chi connectivity index (χ2v) is 8.12. The molecule has 1 aliphatic rings. The van der Waals surface area contributed by atoms with E-state index in [4.69, 9.17) is 0 Å². The number of hydrogen-bond acceptors (Lipinski definition) is 4. The van der Waals surface area contributed by atoms with Crippen LogP contribution in [0.3, 0.4) is 0 Å². The molecule has 0 saturated carbocycles. The van der Waals surface area contributed by atoms with Crippen LogP contribution in [0.15, 0.2) is 42.5 Å². The van der Waals surface area contributed by atoms with E-state index in [1.54, 1.807) is 0 Å². The first-order valence-electron chi connectivity index (χ1n) is 10.7. The zero-order chi connectivity index (χ0) is 20.6. The van der Waals surface area contributed by atoms with Crippen LogP contribution in [0.1, 0.15) is 50.4 Å². The van der Waals surface area contributed by atoms with Crippen LogP contribution < -0.4 is 5.32 Å². The number of amides is 1. The lowest BCUT2D eigenvalue weighted by atomic mass is 10.1. The van der Waals surface area contributed by atoms with Crippen LogP contribution in [0.2, 0.25) is 0 Å². The van der Waals surface area contributed by atoms with Crippen molar-refractivity contribution in [2.75, 3.05) is 19.6 Å². The molecule has 1 aliphatic heterocycles. The minimum atomic E-state index is -0.146. The van der Waals surface area contributed by atoms with Gasteiger partial charge in [-0.25, -0.2) is 0 Å². The van der Waals surface area contributed by atoms with E-state index in [9.17, 15) is 4.79 Å². The van der Waals surface area contributed by atoms with Gasteiger partial charge in [0.25, 0.3) is 0 Å². The number of hydrogen-bond donors (Lipinski definition) is 1. The van der Waals surface area contributed by atoms with Gasteiger partial charge >= 0.3 is 0 Å². The molecule has 1 N–H and O–H groups in total. The van der Waals surface area contributed by atoms with E-state index >= 15 is 0 Å². The van der Waals surface area contributed by atoms with Gasteiger partial charge in [0.1, 0.15) is 5.82 Å². The molecule has 2 heterocycles. The van der Waals surface area contributed by atoms with E-state index in [0.717, 1.165) is 50.7 Å². The number of fused-ring (bicyclic) bond motifs is 1. The number of carbonyl (C=O) groups excluding carboxylic acids is 1. The molecule has 156 valence electrons. The predicted octanol–water partition coefficient (Wildman–Crippen LogP) is 3.16. The minimum Gasteiger partial charge on any atom is -0.346 e. The number of nitrogens with zero attached hydrogens (tertiary/aromatic N) is 4. The Morgan fingerprint density at radius 2 is 1.93 bits per heavy atom. The highest BCUT2D eigenvalue weighted by Gasteiger charge is 2.22.